The molecule has 4 aromatic carbocycles. The lowest BCUT2D eigenvalue weighted by Gasteiger charge is -2.31. The number of fused-ring (bicyclic) bond motifs is 1. The molecule has 2 aliphatic rings. The minimum Gasteiger partial charge on any atom is -0.393 e. The van der Waals surface area contributed by atoms with Crippen LogP contribution in [-0.4, -0.2) is 78.2 Å². The van der Waals surface area contributed by atoms with E-state index < -0.39 is 0 Å². The molecule has 3 heterocycles. The van der Waals surface area contributed by atoms with Crippen LogP contribution >= 0.6 is 0 Å². The number of morpholine rings is 1. The number of carbonyl (C=O) groups is 2. The molecule has 7 rings (SSSR count). The first-order valence-corrected chi connectivity index (χ1v) is 17.4. The van der Waals surface area contributed by atoms with Gasteiger partial charge < -0.3 is 24.6 Å². The van der Waals surface area contributed by atoms with Gasteiger partial charge in [-0.25, -0.2) is 0 Å². The summed E-state index contributed by atoms with van der Waals surface area (Å²) in [7, 11) is 0. The summed E-state index contributed by atoms with van der Waals surface area (Å²) in [5.41, 5.74) is 7.48. The molecule has 2 N–H and O–H groups in total. The van der Waals surface area contributed by atoms with Crippen LogP contribution in [-0.2, 0) is 24.1 Å². The zero-order chi connectivity index (χ0) is 33.6. The van der Waals surface area contributed by atoms with E-state index in [0.29, 0.717) is 18.4 Å². The lowest BCUT2D eigenvalue weighted by Crippen LogP contribution is -2.38. The van der Waals surface area contributed by atoms with Gasteiger partial charge in [-0.05, 0) is 96.8 Å². The number of hydrogen-bond acceptors (Lipinski definition) is 7. The van der Waals surface area contributed by atoms with Crippen molar-refractivity contribution in [3.05, 3.63) is 126 Å². The minimum atomic E-state index is -0.204. The van der Waals surface area contributed by atoms with Gasteiger partial charge in [-0.3, -0.25) is 14.5 Å². The molecule has 0 amide bonds. The number of piperidine rings is 1. The Labute approximate surface area is 287 Å². The summed E-state index contributed by atoms with van der Waals surface area (Å²) in [6.45, 7) is 7.16. The maximum absolute atomic E-state index is 13.2. The van der Waals surface area contributed by atoms with Gasteiger partial charge in [0.2, 0.25) is 0 Å². The van der Waals surface area contributed by atoms with Crippen molar-refractivity contribution in [3.8, 4) is 0 Å². The number of nitrogens with zero attached hydrogens (tertiary/aromatic N) is 3. The summed E-state index contributed by atoms with van der Waals surface area (Å²) < 4.78 is 7.72. The standard InChI is InChI=1S/C41H44N4O4/c46-38-16-19-44(20-17-38)37-12-5-32(6-13-37)40(47)27-30-1-8-35(9-2-30)42-36-10-3-31(4-11-36)28-41(48)34-7-14-39-33(29-34)15-18-45(39)22-21-43-23-25-49-26-24-43/h1-15,18,29,38,42,46H,16-17,19-28H2. The smallest absolute Gasteiger partial charge is 0.167 e. The molecule has 2 fully saturated rings. The Morgan fingerprint density at radius 3 is 1.92 bits per heavy atom. The summed E-state index contributed by atoms with van der Waals surface area (Å²) in [5, 5.41) is 14.3. The largest absolute Gasteiger partial charge is 0.393 e. The van der Waals surface area contributed by atoms with Gasteiger partial charge in [-0.2, -0.15) is 0 Å². The number of aromatic nitrogens is 1. The molecule has 0 unspecified atom stereocenters. The van der Waals surface area contributed by atoms with Crippen LogP contribution in [0.5, 0.6) is 0 Å². The number of ketones is 2. The molecule has 49 heavy (non-hydrogen) atoms. The van der Waals surface area contributed by atoms with Crippen molar-refractivity contribution >= 4 is 39.5 Å². The minimum absolute atomic E-state index is 0.0873. The number of Topliss-reactive ketones (excluding diaryl/α,β-unsaturated/α-hetero) is 2. The fraction of sp³-hybridized carbons (Fsp3) is 0.317. The Morgan fingerprint density at radius 1 is 0.694 bits per heavy atom. The fourth-order valence-corrected chi connectivity index (χ4v) is 6.78. The third kappa shape index (κ3) is 8.28. The van der Waals surface area contributed by atoms with Crippen LogP contribution in [0.4, 0.5) is 17.1 Å². The molecule has 252 valence electrons. The Hall–Kier alpha value is -4.76. The van der Waals surface area contributed by atoms with Crippen molar-refractivity contribution in [2.45, 2.75) is 38.3 Å². The first-order chi connectivity index (χ1) is 24.0. The molecule has 0 radical (unpaired) electrons. The van der Waals surface area contributed by atoms with Gasteiger partial charge in [0.1, 0.15) is 0 Å². The topological polar surface area (TPSA) is 87.0 Å². The van der Waals surface area contributed by atoms with Crippen molar-refractivity contribution in [2.24, 2.45) is 0 Å². The van der Waals surface area contributed by atoms with Crippen molar-refractivity contribution in [2.75, 3.05) is 56.2 Å². The molecular weight excluding hydrogens is 612 g/mol. The normalized spacial score (nSPS) is 15.8. The van der Waals surface area contributed by atoms with Crippen molar-refractivity contribution in [1.82, 2.24) is 9.47 Å². The van der Waals surface area contributed by atoms with Gasteiger partial charge in [-0.15, -0.1) is 0 Å². The van der Waals surface area contributed by atoms with E-state index in [-0.39, 0.29) is 17.7 Å². The zero-order valence-electron chi connectivity index (χ0n) is 27.9. The van der Waals surface area contributed by atoms with E-state index in [1.165, 1.54) is 0 Å². The van der Waals surface area contributed by atoms with Gasteiger partial charge in [-0.1, -0.05) is 24.3 Å². The number of hydrogen-bond donors (Lipinski definition) is 2. The highest BCUT2D eigenvalue weighted by molar-refractivity contribution is 6.01. The molecule has 0 saturated carbocycles. The molecule has 0 spiro atoms. The third-order valence-electron chi connectivity index (χ3n) is 9.80. The van der Waals surface area contributed by atoms with Crippen LogP contribution < -0.4 is 10.2 Å². The van der Waals surface area contributed by atoms with E-state index in [1.54, 1.807) is 0 Å². The molecular formula is C41H44N4O4. The molecule has 5 aromatic rings. The molecule has 8 nitrogen and oxygen atoms in total. The average Bonchev–Trinajstić information content (AvgIpc) is 3.55. The van der Waals surface area contributed by atoms with E-state index in [4.69, 9.17) is 4.74 Å². The number of anilines is 3. The number of rotatable bonds is 12. The van der Waals surface area contributed by atoms with Crippen LogP contribution in [0, 0.1) is 0 Å². The maximum Gasteiger partial charge on any atom is 0.167 e. The lowest BCUT2D eigenvalue weighted by molar-refractivity contribution is 0.0365. The summed E-state index contributed by atoms with van der Waals surface area (Å²) in [6.07, 6.45) is 4.15. The first kappa shape index (κ1) is 32.8. The zero-order valence-corrected chi connectivity index (χ0v) is 27.9. The van der Waals surface area contributed by atoms with Gasteiger partial charge >= 0.3 is 0 Å². The number of aliphatic hydroxyl groups excluding tert-OH is 1. The Balaban J connectivity index is 0.891. The van der Waals surface area contributed by atoms with Gasteiger partial charge in [0.15, 0.2) is 11.6 Å². The highest BCUT2D eigenvalue weighted by Crippen LogP contribution is 2.24. The quantitative estimate of drug-likeness (QED) is 0.148. The van der Waals surface area contributed by atoms with Gasteiger partial charge in [0.05, 0.1) is 19.3 Å². The number of carbonyl (C=O) groups excluding carboxylic acids is 2. The van der Waals surface area contributed by atoms with Crippen molar-refractivity contribution in [3.63, 3.8) is 0 Å². The molecule has 0 atom stereocenters. The van der Waals surface area contributed by atoms with Crippen molar-refractivity contribution in [1.29, 1.82) is 0 Å². The van der Waals surface area contributed by atoms with Crippen molar-refractivity contribution < 1.29 is 19.4 Å². The van der Waals surface area contributed by atoms with E-state index in [2.05, 4.69) is 38.0 Å². The van der Waals surface area contributed by atoms with Crippen LogP contribution in [0.2, 0.25) is 0 Å². The monoisotopic (exact) mass is 656 g/mol. The van der Waals surface area contributed by atoms with Gasteiger partial charge in [0, 0.05) is 97.4 Å². The first-order valence-electron chi connectivity index (χ1n) is 17.4. The predicted molar refractivity (Wildman–Crippen MR) is 195 cm³/mol. The third-order valence-corrected chi connectivity index (χ3v) is 9.80. The highest BCUT2D eigenvalue weighted by atomic mass is 16.5. The van der Waals surface area contributed by atoms with Crippen LogP contribution in [0.25, 0.3) is 10.9 Å². The van der Waals surface area contributed by atoms with Crippen LogP contribution in [0.3, 0.4) is 0 Å². The highest BCUT2D eigenvalue weighted by Gasteiger charge is 2.18. The second-order valence-corrected chi connectivity index (χ2v) is 13.2. The van der Waals surface area contributed by atoms with Crippen LogP contribution in [0.15, 0.2) is 103 Å². The number of nitrogens with one attached hydrogen (secondary N) is 1. The van der Waals surface area contributed by atoms with E-state index >= 15 is 0 Å². The molecule has 2 aliphatic heterocycles. The Kier molecular flexibility index (Phi) is 10.2. The Bertz CT molecular complexity index is 1870. The second-order valence-electron chi connectivity index (χ2n) is 13.2. The maximum atomic E-state index is 13.2. The molecule has 0 bridgehead atoms. The van der Waals surface area contributed by atoms with Crippen LogP contribution in [0.1, 0.15) is 44.7 Å². The van der Waals surface area contributed by atoms with E-state index in [9.17, 15) is 14.7 Å². The summed E-state index contributed by atoms with van der Waals surface area (Å²) >= 11 is 0. The van der Waals surface area contributed by atoms with E-state index in [1.807, 2.05) is 84.9 Å². The fourth-order valence-electron chi connectivity index (χ4n) is 6.78. The summed E-state index contributed by atoms with van der Waals surface area (Å²) in [6, 6.07) is 31.8. The molecule has 8 heteroatoms. The SMILES string of the molecule is O=C(Cc1ccc(Nc2ccc(CC(=O)c3ccc4c(ccn4CCN4CCOCC4)c3)cc2)cc1)c1ccc(N2CCC(O)CC2)cc1. The molecule has 0 aliphatic carbocycles. The van der Waals surface area contributed by atoms with Gasteiger partial charge in [0.25, 0.3) is 0 Å². The lowest BCUT2D eigenvalue weighted by atomic mass is 10.0. The number of aliphatic hydroxyl groups is 1. The average molecular weight is 657 g/mol. The Morgan fingerprint density at radius 2 is 1.29 bits per heavy atom. The number of benzene rings is 4. The predicted octanol–water partition coefficient (Wildman–Crippen LogP) is 6.53. The number of ether oxygens (including phenoxy) is 1. The summed E-state index contributed by atoms with van der Waals surface area (Å²) in [5.74, 6) is 0.191. The van der Waals surface area contributed by atoms with E-state index in [0.717, 1.165) is 110 Å². The molecule has 2 saturated heterocycles. The second kappa shape index (κ2) is 15.2. The summed E-state index contributed by atoms with van der Waals surface area (Å²) in [4.78, 5) is 30.8. The molecule has 1 aromatic heterocycles.